The first-order chi connectivity index (χ1) is 12.4. The second-order valence-corrected chi connectivity index (χ2v) is 8.02. The highest BCUT2D eigenvalue weighted by Crippen LogP contribution is 2.26. The Labute approximate surface area is 156 Å². The molecule has 0 aromatic heterocycles. The normalized spacial score (nSPS) is 13.0. The van der Waals surface area contributed by atoms with Crippen LogP contribution in [0.15, 0.2) is 65.6 Å². The molecule has 0 spiro atoms. The number of aliphatic hydroxyl groups excluding tert-OH is 1. The molecule has 3 rings (SSSR count). The maximum Gasteiger partial charge on any atom is 0.240 e. The van der Waals surface area contributed by atoms with Gasteiger partial charge in [0.15, 0.2) is 0 Å². The van der Waals surface area contributed by atoms with Crippen LogP contribution in [0.5, 0.6) is 0 Å². The van der Waals surface area contributed by atoms with E-state index in [9.17, 15) is 17.9 Å². The molecule has 0 aliphatic rings. The van der Waals surface area contributed by atoms with Crippen molar-refractivity contribution in [2.24, 2.45) is 0 Å². The quantitative estimate of drug-likeness (QED) is 0.664. The number of nitrogens with one attached hydrogen (secondary N) is 1. The van der Waals surface area contributed by atoms with Crippen molar-refractivity contribution in [2.75, 3.05) is 6.54 Å². The number of sulfonamides is 1. The second kappa shape index (κ2) is 7.72. The first-order valence-corrected chi connectivity index (χ1v) is 9.85. The number of aliphatic hydroxyl groups is 1. The standard InChI is InChI=1S/C19H17ClFNO3S/c20-17-12-14(8-9-18(17)21)26(24,25)22-11-10-19(23)16-7-3-5-13-4-1-2-6-15(13)16/h1-9,12,19,22-23H,10-11H2. The number of rotatable bonds is 6. The molecule has 1 atom stereocenters. The SMILES string of the molecule is O=S(=O)(NCCC(O)c1cccc2ccccc12)c1ccc(F)c(Cl)c1. The van der Waals surface area contributed by atoms with Gasteiger partial charge in [0.05, 0.1) is 16.0 Å². The van der Waals surface area contributed by atoms with Crippen LogP contribution >= 0.6 is 11.6 Å². The van der Waals surface area contributed by atoms with Gasteiger partial charge < -0.3 is 5.11 Å². The highest BCUT2D eigenvalue weighted by molar-refractivity contribution is 7.89. The Hall–Kier alpha value is -1.99. The fourth-order valence-corrected chi connectivity index (χ4v) is 4.07. The van der Waals surface area contributed by atoms with Gasteiger partial charge in [0.2, 0.25) is 10.0 Å². The molecule has 0 amide bonds. The topological polar surface area (TPSA) is 66.4 Å². The van der Waals surface area contributed by atoms with Crippen molar-refractivity contribution < 1.29 is 17.9 Å². The third-order valence-electron chi connectivity index (χ3n) is 4.09. The molecule has 0 saturated carbocycles. The summed E-state index contributed by atoms with van der Waals surface area (Å²) < 4.78 is 40.1. The maximum absolute atomic E-state index is 13.2. The highest BCUT2D eigenvalue weighted by Gasteiger charge is 2.17. The van der Waals surface area contributed by atoms with Crippen molar-refractivity contribution in [1.82, 2.24) is 4.72 Å². The van der Waals surface area contributed by atoms with E-state index in [1.54, 1.807) is 0 Å². The van der Waals surface area contributed by atoms with Gasteiger partial charge in [0.1, 0.15) is 5.82 Å². The molecule has 3 aromatic rings. The van der Waals surface area contributed by atoms with Gasteiger partial charge in [0, 0.05) is 6.54 Å². The Balaban J connectivity index is 1.69. The zero-order valence-electron chi connectivity index (χ0n) is 13.7. The molecule has 2 N–H and O–H groups in total. The van der Waals surface area contributed by atoms with E-state index in [0.717, 1.165) is 34.5 Å². The summed E-state index contributed by atoms with van der Waals surface area (Å²) in [6.45, 7) is 0.0295. The summed E-state index contributed by atoms with van der Waals surface area (Å²) in [6, 6.07) is 16.5. The number of halogens is 2. The molecule has 4 nitrogen and oxygen atoms in total. The molecule has 0 saturated heterocycles. The van der Waals surface area contributed by atoms with Crippen molar-refractivity contribution >= 4 is 32.4 Å². The third kappa shape index (κ3) is 4.04. The van der Waals surface area contributed by atoms with Crippen molar-refractivity contribution in [3.63, 3.8) is 0 Å². The summed E-state index contributed by atoms with van der Waals surface area (Å²) in [5.74, 6) is -0.683. The minimum Gasteiger partial charge on any atom is -0.388 e. The van der Waals surface area contributed by atoms with Crippen LogP contribution in [0.4, 0.5) is 4.39 Å². The number of benzene rings is 3. The van der Waals surface area contributed by atoms with Gasteiger partial charge >= 0.3 is 0 Å². The number of hydrogen-bond acceptors (Lipinski definition) is 3. The lowest BCUT2D eigenvalue weighted by molar-refractivity contribution is 0.170. The Morgan fingerprint density at radius 1 is 1.08 bits per heavy atom. The van der Waals surface area contributed by atoms with Gasteiger partial charge in [-0.15, -0.1) is 0 Å². The molecule has 0 radical (unpaired) electrons. The monoisotopic (exact) mass is 393 g/mol. The van der Waals surface area contributed by atoms with E-state index in [-0.39, 0.29) is 22.9 Å². The summed E-state index contributed by atoms with van der Waals surface area (Å²) in [6.07, 6.45) is -0.622. The van der Waals surface area contributed by atoms with E-state index >= 15 is 0 Å². The fraction of sp³-hybridized carbons (Fsp3) is 0.158. The summed E-state index contributed by atoms with van der Waals surface area (Å²) >= 11 is 5.63. The van der Waals surface area contributed by atoms with Gasteiger partial charge in [-0.05, 0) is 41.0 Å². The van der Waals surface area contributed by atoms with Gasteiger partial charge in [-0.3, -0.25) is 0 Å². The summed E-state index contributed by atoms with van der Waals surface area (Å²) in [5.41, 5.74) is 0.743. The lowest BCUT2D eigenvalue weighted by Gasteiger charge is -2.14. The molecule has 3 aromatic carbocycles. The van der Waals surface area contributed by atoms with E-state index in [1.807, 2.05) is 42.5 Å². The predicted octanol–water partition coefficient (Wildman–Crippen LogP) is 4.03. The Kier molecular flexibility index (Phi) is 5.58. The molecular weight excluding hydrogens is 377 g/mol. The van der Waals surface area contributed by atoms with E-state index in [2.05, 4.69) is 4.72 Å². The van der Waals surface area contributed by atoms with Crippen LogP contribution in [0.25, 0.3) is 10.8 Å². The average molecular weight is 394 g/mol. The fourth-order valence-electron chi connectivity index (χ4n) is 2.75. The molecule has 0 heterocycles. The molecule has 0 aliphatic heterocycles. The zero-order valence-corrected chi connectivity index (χ0v) is 15.3. The van der Waals surface area contributed by atoms with Crippen molar-refractivity contribution in [1.29, 1.82) is 0 Å². The molecule has 7 heteroatoms. The van der Waals surface area contributed by atoms with E-state index in [1.165, 1.54) is 0 Å². The van der Waals surface area contributed by atoms with Crippen LogP contribution in [0, 0.1) is 5.82 Å². The van der Waals surface area contributed by atoms with Crippen molar-refractivity contribution in [2.45, 2.75) is 17.4 Å². The maximum atomic E-state index is 13.2. The van der Waals surface area contributed by atoms with Crippen LogP contribution in [0.3, 0.4) is 0 Å². The van der Waals surface area contributed by atoms with Gasteiger partial charge in [0.25, 0.3) is 0 Å². The lowest BCUT2D eigenvalue weighted by atomic mass is 9.99. The lowest BCUT2D eigenvalue weighted by Crippen LogP contribution is -2.26. The highest BCUT2D eigenvalue weighted by atomic mass is 35.5. The van der Waals surface area contributed by atoms with Crippen molar-refractivity contribution in [3.8, 4) is 0 Å². The summed E-state index contributed by atoms with van der Waals surface area (Å²) in [7, 11) is -3.83. The van der Waals surface area contributed by atoms with Crippen LogP contribution in [-0.2, 0) is 10.0 Å². The van der Waals surface area contributed by atoms with Crippen LogP contribution in [-0.4, -0.2) is 20.1 Å². The number of hydrogen-bond donors (Lipinski definition) is 2. The number of fused-ring (bicyclic) bond motifs is 1. The minimum absolute atomic E-state index is 0.0295. The first-order valence-electron chi connectivity index (χ1n) is 7.99. The van der Waals surface area contributed by atoms with Crippen LogP contribution in [0.2, 0.25) is 5.02 Å². The van der Waals surface area contributed by atoms with Gasteiger partial charge in [-0.1, -0.05) is 54.1 Å². The van der Waals surface area contributed by atoms with E-state index in [4.69, 9.17) is 11.6 Å². The first kappa shape index (κ1) is 18.8. The molecule has 26 heavy (non-hydrogen) atoms. The van der Waals surface area contributed by atoms with E-state index in [0.29, 0.717) is 0 Å². The van der Waals surface area contributed by atoms with Gasteiger partial charge in [-0.25, -0.2) is 17.5 Å². The largest absolute Gasteiger partial charge is 0.388 e. The molecule has 0 aliphatic carbocycles. The third-order valence-corrected chi connectivity index (χ3v) is 5.84. The summed E-state index contributed by atoms with van der Waals surface area (Å²) in [4.78, 5) is -0.122. The molecule has 1 unspecified atom stereocenters. The summed E-state index contributed by atoms with van der Waals surface area (Å²) in [5, 5.41) is 12.1. The minimum atomic E-state index is -3.83. The van der Waals surface area contributed by atoms with E-state index < -0.39 is 21.9 Å². The van der Waals surface area contributed by atoms with Crippen LogP contribution < -0.4 is 4.72 Å². The molecular formula is C19H17ClFNO3S. The average Bonchev–Trinajstić information content (AvgIpc) is 2.63. The molecule has 136 valence electrons. The van der Waals surface area contributed by atoms with Crippen molar-refractivity contribution in [3.05, 3.63) is 77.1 Å². The second-order valence-electron chi connectivity index (χ2n) is 5.85. The Morgan fingerprint density at radius 2 is 1.81 bits per heavy atom. The van der Waals surface area contributed by atoms with Crippen LogP contribution in [0.1, 0.15) is 18.1 Å². The predicted molar refractivity (Wildman–Crippen MR) is 100 cm³/mol. The van der Waals surface area contributed by atoms with Gasteiger partial charge in [-0.2, -0.15) is 0 Å². The molecule has 0 fully saturated rings. The Morgan fingerprint density at radius 3 is 2.58 bits per heavy atom. The molecule has 0 bridgehead atoms. The smallest absolute Gasteiger partial charge is 0.240 e. The Bertz CT molecular complexity index is 1030. The zero-order chi connectivity index (χ0) is 18.7.